The molecular weight excluding hydrogens is 220 g/mol. The molecule has 0 atom stereocenters. The molecule has 0 saturated heterocycles. The van der Waals surface area contributed by atoms with Crippen molar-refractivity contribution in [3.63, 3.8) is 0 Å². The van der Waals surface area contributed by atoms with Gasteiger partial charge in [-0.3, -0.25) is 0 Å². The molecule has 0 saturated carbocycles. The van der Waals surface area contributed by atoms with Crippen LogP contribution in [0.25, 0.3) is 4.85 Å². The quantitative estimate of drug-likeness (QED) is 0.778. The Balaban J connectivity index is 2.27. The maximum atomic E-state index is 7.01. The summed E-state index contributed by atoms with van der Waals surface area (Å²) in [5.41, 5.74) is 8.09. The normalized spacial score (nSPS) is 9.75. The van der Waals surface area contributed by atoms with Gasteiger partial charge in [0.05, 0.1) is 6.57 Å². The Morgan fingerprint density at radius 1 is 1.38 bits per heavy atom. The maximum absolute atomic E-state index is 7.01. The highest BCUT2D eigenvalue weighted by Crippen LogP contribution is 2.37. The molecule has 16 heavy (non-hydrogen) atoms. The molecule has 1 heterocycles. The lowest BCUT2D eigenvalue weighted by molar-refractivity contribution is 1.46. The summed E-state index contributed by atoms with van der Waals surface area (Å²) < 4.78 is 3.94. The van der Waals surface area contributed by atoms with Gasteiger partial charge in [-0.2, -0.15) is 4.37 Å². The van der Waals surface area contributed by atoms with Crippen LogP contribution in [0.1, 0.15) is 5.56 Å². The number of rotatable bonds is 2. The van der Waals surface area contributed by atoms with Crippen LogP contribution >= 0.6 is 11.5 Å². The molecule has 4 nitrogen and oxygen atoms in total. The van der Waals surface area contributed by atoms with E-state index in [4.69, 9.17) is 12.3 Å². The van der Waals surface area contributed by atoms with Gasteiger partial charge in [0.2, 0.25) is 0 Å². The molecule has 0 amide bonds. The molecule has 0 aliphatic rings. The number of nitrogen functional groups attached to an aromatic ring is 1. The van der Waals surface area contributed by atoms with Crippen LogP contribution in [0.4, 0.5) is 22.2 Å². The molecule has 1 aromatic heterocycles. The van der Waals surface area contributed by atoms with Crippen LogP contribution in [0.15, 0.2) is 24.3 Å². The predicted molar refractivity (Wildman–Crippen MR) is 67.3 cm³/mol. The van der Waals surface area contributed by atoms with Gasteiger partial charge in [-0.05, 0) is 30.6 Å². The van der Waals surface area contributed by atoms with Crippen molar-refractivity contribution in [3.05, 3.63) is 41.2 Å². The number of hydrogen-bond acceptors (Lipinski definition) is 4. The molecule has 2 aromatic rings. The molecule has 0 aliphatic carbocycles. The van der Waals surface area contributed by atoms with Crippen molar-refractivity contribution >= 4 is 33.7 Å². The minimum Gasteiger partial charge on any atom is -0.391 e. The first-order chi connectivity index (χ1) is 7.70. The molecule has 2 rings (SSSR count). The highest BCUT2D eigenvalue weighted by Gasteiger charge is 2.10. The zero-order valence-corrected chi connectivity index (χ0v) is 9.51. The van der Waals surface area contributed by atoms with Gasteiger partial charge in [-0.1, -0.05) is 17.7 Å². The van der Waals surface area contributed by atoms with E-state index < -0.39 is 0 Å². The Kier molecular flexibility index (Phi) is 2.75. The summed E-state index contributed by atoms with van der Waals surface area (Å²) >= 11 is 1.20. The van der Waals surface area contributed by atoms with Crippen molar-refractivity contribution in [1.29, 1.82) is 0 Å². The van der Waals surface area contributed by atoms with Crippen molar-refractivity contribution in [3.8, 4) is 0 Å². The molecular formula is C11H10N4S. The Morgan fingerprint density at radius 2 is 2.06 bits per heavy atom. The fourth-order valence-corrected chi connectivity index (χ4v) is 1.93. The van der Waals surface area contributed by atoms with Gasteiger partial charge < -0.3 is 11.1 Å². The highest BCUT2D eigenvalue weighted by molar-refractivity contribution is 7.11. The second-order valence-corrected chi connectivity index (χ2v) is 4.12. The molecule has 3 N–H and O–H groups in total. The van der Waals surface area contributed by atoms with Crippen LogP contribution in [-0.2, 0) is 0 Å². The van der Waals surface area contributed by atoms with Gasteiger partial charge in [0.1, 0.15) is 10.8 Å². The first-order valence-electron chi connectivity index (χ1n) is 4.67. The summed E-state index contributed by atoms with van der Waals surface area (Å²) in [5, 5.41) is 3.82. The smallest absolute Gasteiger partial charge is 0.263 e. The molecule has 0 fully saturated rings. The topological polar surface area (TPSA) is 55.3 Å². The maximum Gasteiger partial charge on any atom is 0.263 e. The number of aromatic nitrogens is 1. The Hall–Kier alpha value is -2.06. The number of aryl methyl sites for hydroxylation is 1. The molecule has 0 aliphatic heterocycles. The Morgan fingerprint density at radius 3 is 2.69 bits per heavy atom. The number of nitrogens with one attached hydrogen (secondary N) is 1. The van der Waals surface area contributed by atoms with Gasteiger partial charge in [0.25, 0.3) is 5.69 Å². The van der Waals surface area contributed by atoms with E-state index in [2.05, 4.69) is 14.5 Å². The van der Waals surface area contributed by atoms with Crippen LogP contribution in [0.3, 0.4) is 0 Å². The summed E-state index contributed by atoms with van der Waals surface area (Å²) in [5.74, 6) is 0.287. The first-order valence-corrected chi connectivity index (χ1v) is 5.44. The fraction of sp³-hybridized carbons (Fsp3) is 0.0909. The van der Waals surface area contributed by atoms with E-state index in [-0.39, 0.29) is 5.82 Å². The highest BCUT2D eigenvalue weighted by atomic mass is 32.1. The minimum atomic E-state index is 0.287. The number of benzene rings is 1. The molecule has 5 heteroatoms. The lowest BCUT2D eigenvalue weighted by Crippen LogP contribution is -1.88. The molecule has 0 unspecified atom stereocenters. The van der Waals surface area contributed by atoms with Gasteiger partial charge in [0, 0.05) is 5.69 Å². The van der Waals surface area contributed by atoms with Crippen LogP contribution in [0.5, 0.6) is 0 Å². The van der Waals surface area contributed by atoms with Crippen LogP contribution in [-0.4, -0.2) is 4.37 Å². The van der Waals surface area contributed by atoms with E-state index in [1.165, 1.54) is 17.1 Å². The van der Waals surface area contributed by atoms with Crippen molar-refractivity contribution < 1.29 is 0 Å². The molecule has 0 bridgehead atoms. The minimum absolute atomic E-state index is 0.287. The van der Waals surface area contributed by atoms with Crippen molar-refractivity contribution in [1.82, 2.24) is 4.37 Å². The van der Waals surface area contributed by atoms with Crippen LogP contribution in [0, 0.1) is 13.5 Å². The van der Waals surface area contributed by atoms with Crippen LogP contribution in [0.2, 0.25) is 0 Å². The van der Waals surface area contributed by atoms with Gasteiger partial charge >= 0.3 is 0 Å². The summed E-state index contributed by atoms with van der Waals surface area (Å²) in [4.78, 5) is 3.35. The summed E-state index contributed by atoms with van der Waals surface area (Å²) in [6.45, 7) is 9.04. The molecule has 0 spiro atoms. The third-order valence-corrected chi connectivity index (χ3v) is 2.88. The average Bonchev–Trinajstić information content (AvgIpc) is 2.63. The lowest BCUT2D eigenvalue weighted by atomic mass is 10.2. The number of nitrogens with zero attached hydrogens (tertiary/aromatic N) is 2. The van der Waals surface area contributed by atoms with E-state index in [0.717, 1.165) is 5.69 Å². The number of hydrogen-bond donors (Lipinski definition) is 2. The van der Waals surface area contributed by atoms with E-state index in [9.17, 15) is 0 Å². The third-order valence-electron chi connectivity index (χ3n) is 2.11. The average molecular weight is 230 g/mol. The second kappa shape index (κ2) is 4.21. The molecule has 0 radical (unpaired) electrons. The monoisotopic (exact) mass is 230 g/mol. The fourth-order valence-electron chi connectivity index (χ4n) is 1.26. The van der Waals surface area contributed by atoms with Crippen molar-refractivity contribution in [2.45, 2.75) is 6.92 Å². The van der Waals surface area contributed by atoms with Gasteiger partial charge in [-0.15, -0.1) is 0 Å². The summed E-state index contributed by atoms with van der Waals surface area (Å²) in [6.07, 6.45) is 0. The zero-order valence-electron chi connectivity index (χ0n) is 8.69. The largest absolute Gasteiger partial charge is 0.391 e. The lowest BCUT2D eigenvalue weighted by Gasteiger charge is -2.03. The number of nitrogens with two attached hydrogens (primary N) is 1. The zero-order chi connectivity index (χ0) is 11.5. The second-order valence-electron chi connectivity index (χ2n) is 3.35. The first kappa shape index (κ1) is 10.5. The van der Waals surface area contributed by atoms with E-state index >= 15 is 0 Å². The SMILES string of the molecule is [C-]#[N+]c1c(N)nsc1Nc1ccc(C)cc1. The van der Waals surface area contributed by atoms with Crippen molar-refractivity contribution in [2.75, 3.05) is 11.1 Å². The number of anilines is 3. The van der Waals surface area contributed by atoms with Crippen molar-refractivity contribution in [2.24, 2.45) is 0 Å². The summed E-state index contributed by atoms with van der Waals surface area (Å²) in [6, 6.07) is 7.92. The van der Waals surface area contributed by atoms with Crippen LogP contribution < -0.4 is 11.1 Å². The van der Waals surface area contributed by atoms with Gasteiger partial charge in [-0.25, -0.2) is 4.85 Å². The standard InChI is InChI=1S/C11H10N4S/c1-7-3-5-8(6-4-7)14-11-9(13-2)10(12)15-16-11/h3-6,14H,1H3,(H2,12,15). The Bertz CT molecular complexity index is 536. The molecule has 80 valence electrons. The predicted octanol–water partition coefficient (Wildman–Crippen LogP) is 3.33. The van der Waals surface area contributed by atoms with E-state index in [0.29, 0.717) is 10.7 Å². The van der Waals surface area contributed by atoms with Gasteiger partial charge in [0.15, 0.2) is 0 Å². The summed E-state index contributed by atoms with van der Waals surface area (Å²) in [7, 11) is 0. The van der Waals surface area contributed by atoms with E-state index in [1.807, 2.05) is 31.2 Å². The molecule has 1 aromatic carbocycles. The van der Waals surface area contributed by atoms with E-state index in [1.54, 1.807) is 0 Å². The Labute approximate surface area is 97.7 Å². The third kappa shape index (κ3) is 1.97.